The number of thiocarbonyl (C=S) groups is 1. The van der Waals surface area contributed by atoms with E-state index in [0.717, 1.165) is 32.1 Å². The van der Waals surface area contributed by atoms with Crippen LogP contribution in [0.3, 0.4) is 0 Å². The van der Waals surface area contributed by atoms with E-state index >= 15 is 0 Å². The number of pyridine rings is 1. The fraction of sp³-hybridized carbons (Fsp3) is 0.467. The Morgan fingerprint density at radius 2 is 1.70 bits per heavy atom. The molecule has 2 fully saturated rings. The standard InChI is InChI=1S/C30H36FN5O2S2/c1-4-6-10-14-36-29(38)26(40-30(36)39)19-22-21(3)23(20-32)28(37)35(13-7-5-2)27(22)34-17-15-33(16-18-34)25-12-9-8-11-24(25)31/h8-9,11-12,19H,4-7,10,13-18H2,1-3H3. The number of halogens is 1. The first-order valence-corrected chi connectivity index (χ1v) is 15.2. The zero-order chi connectivity index (χ0) is 28.8. The molecule has 2 aliphatic rings. The quantitative estimate of drug-likeness (QED) is 0.203. The van der Waals surface area contributed by atoms with Gasteiger partial charge in [-0.2, -0.15) is 5.26 Å². The van der Waals surface area contributed by atoms with E-state index in [-0.39, 0.29) is 22.8 Å². The number of nitriles is 1. The highest BCUT2D eigenvalue weighted by Crippen LogP contribution is 2.36. The first kappa shape index (κ1) is 29.8. The van der Waals surface area contributed by atoms with E-state index in [1.165, 1.54) is 17.8 Å². The minimum absolute atomic E-state index is 0.0921. The molecule has 0 aliphatic carbocycles. The third-order valence-electron chi connectivity index (χ3n) is 7.49. The van der Waals surface area contributed by atoms with Crippen LogP contribution < -0.4 is 15.4 Å². The number of rotatable bonds is 10. The van der Waals surface area contributed by atoms with Crippen molar-refractivity contribution in [3.63, 3.8) is 0 Å². The minimum atomic E-state index is -0.316. The van der Waals surface area contributed by atoms with E-state index < -0.39 is 0 Å². The van der Waals surface area contributed by atoms with Gasteiger partial charge in [-0.05, 0) is 43.5 Å². The number of piperazine rings is 1. The van der Waals surface area contributed by atoms with Crippen LogP contribution in [-0.2, 0) is 11.3 Å². The fourth-order valence-electron chi connectivity index (χ4n) is 5.22. The number of hydrogen-bond donors (Lipinski definition) is 0. The number of carbonyl (C=O) groups excluding carboxylic acids is 1. The Hall–Kier alpha value is -3.16. The van der Waals surface area contributed by atoms with Crippen molar-refractivity contribution in [2.45, 2.75) is 59.4 Å². The van der Waals surface area contributed by atoms with Crippen molar-refractivity contribution in [2.24, 2.45) is 0 Å². The third kappa shape index (κ3) is 6.11. The van der Waals surface area contributed by atoms with E-state index in [4.69, 9.17) is 12.2 Å². The number of amides is 1. The van der Waals surface area contributed by atoms with Gasteiger partial charge < -0.3 is 9.80 Å². The summed E-state index contributed by atoms with van der Waals surface area (Å²) in [6.07, 6.45) is 6.42. The first-order chi connectivity index (χ1) is 19.3. The van der Waals surface area contributed by atoms with Crippen LogP contribution in [0.5, 0.6) is 0 Å². The van der Waals surface area contributed by atoms with Crippen molar-refractivity contribution in [1.82, 2.24) is 9.47 Å². The maximum atomic E-state index is 14.5. The fourth-order valence-corrected chi connectivity index (χ4v) is 6.51. The lowest BCUT2D eigenvalue weighted by atomic mass is 10.0. The normalized spacial score (nSPS) is 16.8. The number of para-hydroxylation sites is 1. The molecule has 2 saturated heterocycles. The molecule has 212 valence electrons. The van der Waals surface area contributed by atoms with Gasteiger partial charge in [-0.1, -0.05) is 69.2 Å². The average Bonchev–Trinajstić information content (AvgIpc) is 3.22. The van der Waals surface area contributed by atoms with Crippen LogP contribution in [0, 0.1) is 24.1 Å². The zero-order valence-corrected chi connectivity index (χ0v) is 25.0. The lowest BCUT2D eigenvalue weighted by Crippen LogP contribution is -2.49. The molecule has 0 radical (unpaired) electrons. The lowest BCUT2D eigenvalue weighted by Gasteiger charge is -2.39. The number of benzene rings is 1. The molecule has 1 amide bonds. The summed E-state index contributed by atoms with van der Waals surface area (Å²) < 4.78 is 16.7. The van der Waals surface area contributed by atoms with Crippen LogP contribution in [0.4, 0.5) is 15.9 Å². The second-order valence-corrected chi connectivity index (χ2v) is 11.8. The summed E-state index contributed by atoms with van der Waals surface area (Å²) in [6.45, 7) is 9.26. The summed E-state index contributed by atoms with van der Waals surface area (Å²) in [5.74, 6) is 0.316. The molecule has 40 heavy (non-hydrogen) atoms. The number of nitrogens with zero attached hydrogens (tertiary/aromatic N) is 5. The highest BCUT2D eigenvalue weighted by Gasteiger charge is 2.33. The molecule has 10 heteroatoms. The maximum absolute atomic E-state index is 14.5. The molecule has 0 N–H and O–H groups in total. The van der Waals surface area contributed by atoms with Gasteiger partial charge in [-0.15, -0.1) is 0 Å². The van der Waals surface area contributed by atoms with Crippen molar-refractivity contribution < 1.29 is 9.18 Å². The monoisotopic (exact) mass is 581 g/mol. The van der Waals surface area contributed by atoms with Gasteiger partial charge in [0.1, 0.15) is 27.6 Å². The van der Waals surface area contributed by atoms with Gasteiger partial charge in [0.2, 0.25) is 0 Å². The average molecular weight is 582 g/mol. The number of thioether (sulfide) groups is 1. The van der Waals surface area contributed by atoms with Crippen LogP contribution in [0.1, 0.15) is 62.6 Å². The third-order valence-corrected chi connectivity index (χ3v) is 8.87. The summed E-state index contributed by atoms with van der Waals surface area (Å²) in [7, 11) is 0. The van der Waals surface area contributed by atoms with Crippen LogP contribution in [0.2, 0.25) is 0 Å². The van der Waals surface area contributed by atoms with Gasteiger partial charge in [-0.3, -0.25) is 19.1 Å². The Kier molecular flexibility index (Phi) is 10.0. The molecule has 4 rings (SSSR count). The van der Waals surface area contributed by atoms with Crippen molar-refractivity contribution >= 4 is 51.8 Å². The SMILES string of the molecule is CCCCCN1C(=O)C(=Cc2c(C)c(C#N)c(=O)n(CCCC)c2N2CCN(c3ccccc3F)CC2)SC1=S. The molecule has 0 spiro atoms. The van der Waals surface area contributed by atoms with Crippen molar-refractivity contribution in [3.05, 3.63) is 62.0 Å². The highest BCUT2D eigenvalue weighted by atomic mass is 32.2. The van der Waals surface area contributed by atoms with Crippen LogP contribution >= 0.6 is 24.0 Å². The second kappa shape index (κ2) is 13.5. The Balaban J connectivity index is 1.76. The molecule has 0 saturated carbocycles. The Morgan fingerprint density at radius 1 is 1.02 bits per heavy atom. The largest absolute Gasteiger partial charge is 0.366 e. The molecule has 7 nitrogen and oxygen atoms in total. The zero-order valence-electron chi connectivity index (χ0n) is 23.4. The van der Waals surface area contributed by atoms with Crippen LogP contribution in [-0.4, -0.2) is 52.4 Å². The Morgan fingerprint density at radius 3 is 2.35 bits per heavy atom. The van der Waals surface area contributed by atoms with Gasteiger partial charge in [-0.25, -0.2) is 4.39 Å². The molecule has 1 aromatic heterocycles. The summed E-state index contributed by atoms with van der Waals surface area (Å²) in [5, 5.41) is 9.94. The van der Waals surface area contributed by atoms with Crippen LogP contribution in [0.15, 0.2) is 34.0 Å². The molecule has 0 unspecified atom stereocenters. The van der Waals surface area contributed by atoms with E-state index in [0.29, 0.717) is 71.1 Å². The number of aromatic nitrogens is 1. The predicted octanol–water partition coefficient (Wildman–Crippen LogP) is 5.69. The number of anilines is 2. The maximum Gasteiger partial charge on any atom is 0.270 e. The lowest BCUT2D eigenvalue weighted by molar-refractivity contribution is -0.122. The minimum Gasteiger partial charge on any atom is -0.366 e. The molecular formula is C30H36FN5O2S2. The van der Waals surface area contributed by atoms with Gasteiger partial charge in [0.15, 0.2) is 0 Å². The van der Waals surface area contributed by atoms with Gasteiger partial charge in [0.25, 0.3) is 11.5 Å². The summed E-state index contributed by atoms with van der Waals surface area (Å²) in [6, 6.07) is 8.86. The van der Waals surface area contributed by atoms with E-state index in [2.05, 4.69) is 24.8 Å². The summed E-state index contributed by atoms with van der Waals surface area (Å²) in [4.78, 5) is 33.2. The molecule has 2 aromatic rings. The summed E-state index contributed by atoms with van der Waals surface area (Å²) >= 11 is 6.82. The molecule has 0 atom stereocenters. The number of carbonyl (C=O) groups is 1. The van der Waals surface area contributed by atoms with Crippen LogP contribution in [0.25, 0.3) is 6.08 Å². The first-order valence-electron chi connectivity index (χ1n) is 14.0. The van der Waals surface area contributed by atoms with E-state index in [9.17, 15) is 19.2 Å². The van der Waals surface area contributed by atoms with E-state index in [1.54, 1.807) is 28.5 Å². The molecule has 3 heterocycles. The number of unbranched alkanes of at least 4 members (excludes halogenated alkanes) is 3. The summed E-state index contributed by atoms with van der Waals surface area (Å²) in [5.41, 5.74) is 1.59. The van der Waals surface area contributed by atoms with Gasteiger partial charge >= 0.3 is 0 Å². The number of hydrogen-bond acceptors (Lipinski definition) is 7. The topological polar surface area (TPSA) is 72.6 Å². The van der Waals surface area contributed by atoms with Crippen molar-refractivity contribution in [1.29, 1.82) is 5.26 Å². The van der Waals surface area contributed by atoms with Crippen molar-refractivity contribution in [3.8, 4) is 6.07 Å². The van der Waals surface area contributed by atoms with E-state index in [1.807, 2.05) is 17.0 Å². The van der Waals surface area contributed by atoms with Gasteiger partial charge in [0, 0.05) is 44.8 Å². The predicted molar refractivity (Wildman–Crippen MR) is 165 cm³/mol. The molecular weight excluding hydrogens is 545 g/mol. The Bertz CT molecular complexity index is 1410. The molecule has 2 aliphatic heterocycles. The molecule has 1 aromatic carbocycles. The van der Waals surface area contributed by atoms with Crippen molar-refractivity contribution in [2.75, 3.05) is 42.5 Å². The highest BCUT2D eigenvalue weighted by molar-refractivity contribution is 8.26. The molecule has 0 bridgehead atoms. The second-order valence-electron chi connectivity index (χ2n) is 10.1. The Labute approximate surface area is 245 Å². The van der Waals surface area contributed by atoms with Gasteiger partial charge in [0.05, 0.1) is 10.6 Å². The smallest absolute Gasteiger partial charge is 0.270 e.